The second-order valence-corrected chi connectivity index (χ2v) is 14.8. The van der Waals surface area contributed by atoms with Gasteiger partial charge >= 0.3 is 0 Å². The summed E-state index contributed by atoms with van der Waals surface area (Å²) in [6.07, 6.45) is 1.74. The molecule has 6 N–H and O–H groups in total. The minimum Gasteiger partial charge on any atom is -0.418 e. The van der Waals surface area contributed by atoms with Gasteiger partial charge in [0, 0.05) is 35.7 Å². The second-order valence-electron chi connectivity index (χ2n) is 14.1. The van der Waals surface area contributed by atoms with Crippen molar-refractivity contribution in [3.63, 3.8) is 0 Å². The van der Waals surface area contributed by atoms with Gasteiger partial charge < -0.3 is 30.0 Å². The van der Waals surface area contributed by atoms with Gasteiger partial charge in [-0.15, -0.1) is 10.2 Å². The third kappa shape index (κ3) is 13.2. The van der Waals surface area contributed by atoms with Crippen molar-refractivity contribution in [3.8, 4) is 17.5 Å². The summed E-state index contributed by atoms with van der Waals surface area (Å²) in [5, 5.41) is 44.1. The van der Waals surface area contributed by atoms with Crippen molar-refractivity contribution in [2.45, 2.75) is 77.7 Å². The Bertz CT molecular complexity index is 2540. The first-order valence-corrected chi connectivity index (χ1v) is 20.8. The van der Waals surface area contributed by atoms with Crippen LogP contribution < -0.4 is 21.5 Å². The fourth-order valence-electron chi connectivity index (χ4n) is 6.11. The van der Waals surface area contributed by atoms with E-state index < -0.39 is 36.1 Å². The van der Waals surface area contributed by atoms with Gasteiger partial charge in [-0.25, -0.2) is 14.5 Å². The maximum atomic E-state index is 12.6. The Kier molecular flexibility index (Phi) is 19.1. The molecule has 4 atom stereocenters. The van der Waals surface area contributed by atoms with Crippen LogP contribution in [0.1, 0.15) is 79.5 Å². The lowest BCUT2D eigenvalue weighted by molar-refractivity contribution is -0.124. The van der Waals surface area contributed by atoms with Crippen molar-refractivity contribution >= 4 is 63.5 Å². The van der Waals surface area contributed by atoms with Gasteiger partial charge in [-0.1, -0.05) is 73.4 Å². The lowest BCUT2D eigenvalue weighted by Crippen LogP contribution is -2.52. The highest BCUT2D eigenvalue weighted by Gasteiger charge is 2.27. The van der Waals surface area contributed by atoms with E-state index in [0.29, 0.717) is 68.9 Å². The standard InChI is InChI=1S/C21H20ClN5O3.C21H18ClN5O2.C4H8O/c1-4-15-16(9-10-17(24-3)18(15)22)25-19(12(2)28)21(30)27-26-20(29)14-7-5-13(11-23)6-8-14;1-5-15-16(10-11-17(24-4)18(15)22)25-19(12(2)28)21-27-26-20(29-21)13-6-8-14(23-3)9-7-13;1-2-4-5-3-1/h5-10,12,19,25,28H,4H2,1-2H3,(H,26,29)(H,27,30);6-12,19,25,28H,5H2,1-2H3;1-4H2/t2*12-,19-;/m11./s1. The summed E-state index contributed by atoms with van der Waals surface area (Å²) in [6.45, 7) is 30.2. The van der Waals surface area contributed by atoms with Crippen LogP contribution >= 0.6 is 23.2 Å². The molecule has 4 aromatic carbocycles. The number of hydrogen-bond acceptors (Lipinski definition) is 11. The maximum Gasteiger partial charge on any atom is 0.269 e. The number of amides is 2. The molecule has 1 fully saturated rings. The smallest absolute Gasteiger partial charge is 0.269 e. The van der Waals surface area contributed by atoms with Crippen LogP contribution in [0.5, 0.6) is 0 Å². The Morgan fingerprint density at radius 2 is 1.34 bits per heavy atom. The van der Waals surface area contributed by atoms with Crippen molar-refractivity contribution in [1.82, 2.24) is 21.0 Å². The van der Waals surface area contributed by atoms with Crippen LogP contribution in [-0.4, -0.2) is 63.7 Å². The Morgan fingerprint density at radius 3 is 1.80 bits per heavy atom. The van der Waals surface area contributed by atoms with E-state index in [9.17, 15) is 19.8 Å². The Morgan fingerprint density at radius 1 is 0.781 bits per heavy atom. The summed E-state index contributed by atoms with van der Waals surface area (Å²) in [6, 6.07) is 19.4. The molecule has 1 aliphatic heterocycles. The van der Waals surface area contributed by atoms with Crippen LogP contribution in [0.25, 0.3) is 26.0 Å². The quantitative estimate of drug-likeness (QED) is 0.0514. The number of anilines is 2. The van der Waals surface area contributed by atoms with E-state index in [0.717, 1.165) is 18.8 Å². The zero-order valence-electron chi connectivity index (χ0n) is 35.4. The first-order valence-electron chi connectivity index (χ1n) is 20.1. The number of hydrogen-bond donors (Lipinski definition) is 6. The van der Waals surface area contributed by atoms with E-state index in [4.69, 9.17) is 57.3 Å². The highest BCUT2D eigenvalue weighted by Crippen LogP contribution is 2.37. The number of carbonyl (C=O) groups excluding carboxylic acids is 2. The molecule has 64 heavy (non-hydrogen) atoms. The molecule has 1 aromatic heterocycles. The highest BCUT2D eigenvalue weighted by atomic mass is 35.5. The predicted octanol–water partition coefficient (Wildman–Crippen LogP) is 9.33. The minimum absolute atomic E-state index is 0.219. The topological polar surface area (TPSA) is 208 Å². The molecule has 1 saturated heterocycles. The third-order valence-electron chi connectivity index (χ3n) is 9.62. The zero-order chi connectivity index (χ0) is 46.8. The van der Waals surface area contributed by atoms with Crippen LogP contribution in [0.15, 0.2) is 77.2 Å². The number of benzene rings is 4. The Labute approximate surface area is 381 Å². The summed E-state index contributed by atoms with van der Waals surface area (Å²) >= 11 is 12.6. The number of nitrogens with one attached hydrogen (secondary N) is 4. The van der Waals surface area contributed by atoms with E-state index in [1.54, 1.807) is 49.4 Å². The molecule has 0 bridgehead atoms. The average molecular weight is 906 g/mol. The molecule has 5 aromatic rings. The van der Waals surface area contributed by atoms with E-state index in [-0.39, 0.29) is 16.5 Å². The molecule has 0 radical (unpaired) electrons. The van der Waals surface area contributed by atoms with Crippen molar-refractivity contribution in [2.75, 3.05) is 23.8 Å². The molecule has 2 heterocycles. The molecular formula is C46H46Cl2N10O6. The van der Waals surface area contributed by atoms with Crippen molar-refractivity contribution in [1.29, 1.82) is 5.26 Å². The van der Waals surface area contributed by atoms with E-state index in [1.165, 1.54) is 50.1 Å². The van der Waals surface area contributed by atoms with Gasteiger partial charge in [0.1, 0.15) is 12.1 Å². The van der Waals surface area contributed by atoms with E-state index >= 15 is 0 Å². The summed E-state index contributed by atoms with van der Waals surface area (Å²) in [4.78, 5) is 34.9. The van der Waals surface area contributed by atoms with Crippen LogP contribution in [0.4, 0.5) is 28.4 Å². The molecule has 16 nitrogen and oxygen atoms in total. The molecule has 0 saturated carbocycles. The molecule has 0 unspecified atom stereocenters. The van der Waals surface area contributed by atoms with Gasteiger partial charge in [-0.2, -0.15) is 5.26 Å². The first-order chi connectivity index (χ1) is 30.8. The summed E-state index contributed by atoms with van der Waals surface area (Å²) < 4.78 is 10.7. The molecular weight excluding hydrogens is 859 g/mol. The third-order valence-corrected chi connectivity index (χ3v) is 10.5. The minimum atomic E-state index is -1.10. The highest BCUT2D eigenvalue weighted by molar-refractivity contribution is 6.35. The molecule has 6 rings (SSSR count). The number of nitriles is 1. The number of rotatable bonds is 12. The number of ether oxygens (including phenoxy) is 1. The molecule has 330 valence electrons. The Balaban J connectivity index is 0.000000252. The Hall–Kier alpha value is -7.02. The first kappa shape index (κ1) is 49.6. The van der Waals surface area contributed by atoms with Gasteiger partial charge in [0.2, 0.25) is 23.2 Å². The molecule has 18 heteroatoms. The second kappa shape index (κ2) is 24.6. The fraction of sp³-hybridized carbons (Fsp3) is 0.304. The lowest BCUT2D eigenvalue weighted by Gasteiger charge is -2.24. The molecule has 0 spiro atoms. The number of aliphatic hydroxyl groups is 2. The monoisotopic (exact) mass is 904 g/mol. The summed E-state index contributed by atoms with van der Waals surface area (Å²) in [5.74, 6) is -0.729. The number of nitrogens with zero attached hydrogens (tertiary/aromatic N) is 6. The average Bonchev–Trinajstić information content (AvgIpc) is 4.06. The largest absolute Gasteiger partial charge is 0.418 e. The van der Waals surface area contributed by atoms with Gasteiger partial charge in [0.15, 0.2) is 5.69 Å². The lowest BCUT2D eigenvalue weighted by atomic mass is 10.1. The van der Waals surface area contributed by atoms with Gasteiger partial charge in [0.25, 0.3) is 11.8 Å². The van der Waals surface area contributed by atoms with Crippen LogP contribution in [0.2, 0.25) is 10.0 Å². The van der Waals surface area contributed by atoms with Crippen molar-refractivity contribution in [2.24, 2.45) is 0 Å². The zero-order valence-corrected chi connectivity index (χ0v) is 37.0. The molecule has 2 amide bonds. The predicted molar refractivity (Wildman–Crippen MR) is 244 cm³/mol. The van der Waals surface area contributed by atoms with Crippen LogP contribution in [0, 0.1) is 31.0 Å². The van der Waals surface area contributed by atoms with Crippen molar-refractivity contribution in [3.05, 3.63) is 145 Å². The van der Waals surface area contributed by atoms with Crippen LogP contribution in [-0.2, 0) is 22.4 Å². The molecule has 0 aliphatic carbocycles. The number of carbonyl (C=O) groups is 2. The number of hydrazine groups is 1. The van der Waals surface area contributed by atoms with Gasteiger partial charge in [-0.05, 0) is 87.1 Å². The van der Waals surface area contributed by atoms with E-state index in [2.05, 4.69) is 46.2 Å². The van der Waals surface area contributed by atoms with Crippen molar-refractivity contribution < 1.29 is 29.0 Å². The van der Waals surface area contributed by atoms with E-state index in [1.807, 2.05) is 19.9 Å². The number of aliphatic hydroxyl groups excluding tert-OH is 2. The summed E-state index contributed by atoms with van der Waals surface area (Å²) in [5.41, 5.74) is 9.71. The van der Waals surface area contributed by atoms with Gasteiger partial charge in [-0.3, -0.25) is 20.4 Å². The number of aromatic nitrogens is 2. The molecule has 1 aliphatic rings. The normalized spacial score (nSPS) is 13.2. The van der Waals surface area contributed by atoms with Crippen LogP contribution in [0.3, 0.4) is 0 Å². The SMILES string of the molecule is C1CCOC1.[C-]#[N+]c1ccc(-c2nnc([C@H](Nc3ccc([N+]#[C-])c(Cl)c3CC)[C@@H](C)O)o2)cc1.[C-]#[N+]c1ccc(N[C@@H](C(=O)NNC(=O)c2ccc(C#N)cc2)[C@@H](C)O)c(CC)c1Cl. The number of halogens is 2. The summed E-state index contributed by atoms with van der Waals surface area (Å²) in [7, 11) is 0. The maximum absolute atomic E-state index is 12.6. The fourth-order valence-corrected chi connectivity index (χ4v) is 6.79. The van der Waals surface area contributed by atoms with Gasteiger partial charge in [0.05, 0.1) is 53.6 Å².